The molecular formula is C18H18N2O2S. The van der Waals surface area contributed by atoms with Gasteiger partial charge in [0.05, 0.1) is 5.25 Å². The molecule has 1 atom stereocenters. The van der Waals surface area contributed by atoms with Gasteiger partial charge < -0.3 is 10.2 Å². The zero-order valence-electron chi connectivity index (χ0n) is 12.9. The fourth-order valence-corrected chi connectivity index (χ4v) is 3.06. The Balaban J connectivity index is 2.02. The molecule has 0 spiro atoms. The van der Waals surface area contributed by atoms with Crippen molar-refractivity contribution in [3.8, 4) is 11.3 Å². The van der Waals surface area contributed by atoms with Gasteiger partial charge in [0.25, 0.3) is 5.22 Å². The highest BCUT2D eigenvalue weighted by atomic mass is 32.2. The van der Waals surface area contributed by atoms with Crippen molar-refractivity contribution in [3.05, 3.63) is 54.3 Å². The molecule has 2 N–H and O–H groups in total. The molecule has 0 aliphatic heterocycles. The van der Waals surface area contributed by atoms with Crippen molar-refractivity contribution in [1.29, 1.82) is 0 Å². The van der Waals surface area contributed by atoms with Crippen LogP contribution in [0.4, 0.5) is 0 Å². The highest BCUT2D eigenvalue weighted by Gasteiger charge is 2.21. The number of primary amides is 1. The van der Waals surface area contributed by atoms with Gasteiger partial charge in [-0.2, -0.15) is 0 Å². The number of amides is 1. The summed E-state index contributed by atoms with van der Waals surface area (Å²) in [5.74, 6) is 0.363. The first-order valence-corrected chi connectivity index (χ1v) is 8.41. The molecule has 1 aliphatic rings. The summed E-state index contributed by atoms with van der Waals surface area (Å²) in [7, 11) is 0. The van der Waals surface area contributed by atoms with Crippen molar-refractivity contribution in [2.24, 2.45) is 5.73 Å². The average molecular weight is 326 g/mol. The van der Waals surface area contributed by atoms with Gasteiger partial charge in [-0.1, -0.05) is 60.3 Å². The summed E-state index contributed by atoms with van der Waals surface area (Å²) in [6, 6.07) is 9.89. The van der Waals surface area contributed by atoms with Gasteiger partial charge in [0.1, 0.15) is 5.69 Å². The van der Waals surface area contributed by atoms with E-state index in [2.05, 4.69) is 17.1 Å². The molecule has 3 rings (SSSR count). The van der Waals surface area contributed by atoms with Crippen LogP contribution in [0, 0.1) is 0 Å². The first-order chi connectivity index (χ1) is 11.1. The van der Waals surface area contributed by atoms with Crippen LogP contribution in [0.1, 0.15) is 25.5 Å². The van der Waals surface area contributed by atoms with E-state index in [1.807, 2.05) is 36.4 Å². The molecule has 2 aromatic rings. The molecule has 1 heterocycles. The Bertz CT molecular complexity index is 763. The topological polar surface area (TPSA) is 69.1 Å². The van der Waals surface area contributed by atoms with Crippen LogP contribution in [0.3, 0.4) is 0 Å². The maximum absolute atomic E-state index is 11.3. The number of nitrogens with zero attached hydrogens (tertiary/aromatic N) is 1. The number of carbonyl (C=O) groups is 1. The number of allylic oxidation sites excluding steroid dienone is 4. The number of nitrogens with two attached hydrogens (primary N) is 1. The second-order valence-electron chi connectivity index (χ2n) is 5.34. The largest absolute Gasteiger partial charge is 0.431 e. The van der Waals surface area contributed by atoms with Gasteiger partial charge in [0.2, 0.25) is 5.91 Å². The third-order valence-electron chi connectivity index (χ3n) is 3.64. The van der Waals surface area contributed by atoms with Gasteiger partial charge in [0.15, 0.2) is 5.76 Å². The van der Waals surface area contributed by atoms with E-state index in [0.717, 1.165) is 35.4 Å². The molecule has 1 unspecified atom stereocenters. The Hall–Kier alpha value is -2.27. The highest BCUT2D eigenvalue weighted by Crippen LogP contribution is 2.36. The van der Waals surface area contributed by atoms with E-state index in [0.29, 0.717) is 5.22 Å². The van der Waals surface area contributed by atoms with Crippen molar-refractivity contribution in [2.45, 2.75) is 30.2 Å². The minimum absolute atomic E-state index is 0.379. The Labute approximate surface area is 139 Å². The van der Waals surface area contributed by atoms with Crippen molar-refractivity contribution < 1.29 is 9.21 Å². The third kappa shape index (κ3) is 3.56. The van der Waals surface area contributed by atoms with E-state index in [1.165, 1.54) is 11.8 Å². The van der Waals surface area contributed by atoms with E-state index in [4.69, 9.17) is 10.2 Å². The van der Waals surface area contributed by atoms with Crippen molar-refractivity contribution >= 4 is 23.2 Å². The van der Waals surface area contributed by atoms with Gasteiger partial charge in [-0.15, -0.1) is 0 Å². The summed E-state index contributed by atoms with van der Waals surface area (Å²) >= 11 is 1.25. The average Bonchev–Trinajstić information content (AvgIpc) is 3.00. The number of hydrogen-bond donors (Lipinski definition) is 1. The summed E-state index contributed by atoms with van der Waals surface area (Å²) in [6.45, 7) is 1.75. The van der Waals surface area contributed by atoms with Crippen LogP contribution >= 0.6 is 11.8 Å². The van der Waals surface area contributed by atoms with Gasteiger partial charge in [0, 0.05) is 5.56 Å². The highest BCUT2D eigenvalue weighted by molar-refractivity contribution is 8.00. The lowest BCUT2D eigenvalue weighted by molar-refractivity contribution is -0.117. The molecule has 1 aliphatic carbocycles. The Morgan fingerprint density at radius 1 is 1.35 bits per heavy atom. The molecule has 0 radical (unpaired) electrons. The van der Waals surface area contributed by atoms with Crippen molar-refractivity contribution in [1.82, 2.24) is 4.98 Å². The molecular weight excluding hydrogens is 308 g/mol. The number of thioether (sulfide) groups is 1. The molecule has 0 saturated heterocycles. The second-order valence-corrected chi connectivity index (χ2v) is 6.64. The van der Waals surface area contributed by atoms with E-state index in [-0.39, 0.29) is 11.2 Å². The molecule has 0 bridgehead atoms. The number of rotatable bonds is 5. The lowest BCUT2D eigenvalue weighted by Gasteiger charge is -2.07. The fraction of sp³-hybridized carbons (Fsp3) is 0.222. The Morgan fingerprint density at radius 3 is 2.78 bits per heavy atom. The van der Waals surface area contributed by atoms with Gasteiger partial charge in [-0.25, -0.2) is 4.98 Å². The minimum Gasteiger partial charge on any atom is -0.431 e. The van der Waals surface area contributed by atoms with E-state index in [9.17, 15) is 4.79 Å². The Morgan fingerprint density at radius 2 is 2.13 bits per heavy atom. The number of hydrogen-bond acceptors (Lipinski definition) is 4. The predicted octanol–water partition coefficient (Wildman–Crippen LogP) is 4.04. The molecule has 118 valence electrons. The smallest absolute Gasteiger partial charge is 0.257 e. The normalized spacial score (nSPS) is 15.3. The van der Waals surface area contributed by atoms with Crippen molar-refractivity contribution in [3.63, 3.8) is 0 Å². The first kappa shape index (κ1) is 15.6. The number of oxazole rings is 1. The standard InChI is InChI=1S/C18H18N2O2S/c1-12(17(19)21)23-18-20-15(13-8-4-2-5-9-13)16(22-18)14-10-6-3-7-11-14/h2-4,6-8,10-12H,5,9H2,1H3,(H2,19,21). The summed E-state index contributed by atoms with van der Waals surface area (Å²) in [6.07, 6.45) is 8.17. The van der Waals surface area contributed by atoms with Crippen LogP contribution in [0.5, 0.6) is 0 Å². The van der Waals surface area contributed by atoms with Gasteiger partial charge in [-0.3, -0.25) is 4.79 Å². The van der Waals surface area contributed by atoms with E-state index >= 15 is 0 Å². The molecule has 1 aromatic carbocycles. The maximum Gasteiger partial charge on any atom is 0.257 e. The molecule has 1 aromatic heterocycles. The van der Waals surface area contributed by atoms with Crippen LogP contribution < -0.4 is 5.73 Å². The van der Waals surface area contributed by atoms with Crippen molar-refractivity contribution in [2.75, 3.05) is 0 Å². The monoisotopic (exact) mass is 326 g/mol. The quantitative estimate of drug-likeness (QED) is 0.842. The minimum atomic E-state index is -0.384. The lowest BCUT2D eigenvalue weighted by atomic mass is 9.99. The predicted molar refractivity (Wildman–Crippen MR) is 92.8 cm³/mol. The summed E-state index contributed by atoms with van der Waals surface area (Å²) in [4.78, 5) is 15.9. The molecule has 0 fully saturated rings. The third-order valence-corrected chi connectivity index (χ3v) is 4.60. The molecule has 4 nitrogen and oxygen atoms in total. The van der Waals surface area contributed by atoms with Gasteiger partial charge >= 0.3 is 0 Å². The Kier molecular flexibility index (Phi) is 4.67. The first-order valence-electron chi connectivity index (χ1n) is 7.53. The SMILES string of the molecule is CC(Sc1nc(C2=CC=CCC2)c(-c2ccccc2)o1)C(N)=O. The zero-order chi connectivity index (χ0) is 16.2. The van der Waals surface area contributed by atoms with Crippen LogP contribution in [-0.4, -0.2) is 16.1 Å². The maximum atomic E-state index is 11.3. The van der Waals surface area contributed by atoms with Crippen LogP contribution in [0.25, 0.3) is 16.9 Å². The van der Waals surface area contributed by atoms with E-state index in [1.54, 1.807) is 6.92 Å². The van der Waals surface area contributed by atoms with Gasteiger partial charge in [-0.05, 0) is 25.3 Å². The zero-order valence-corrected chi connectivity index (χ0v) is 13.7. The fourth-order valence-electron chi connectivity index (χ4n) is 2.36. The lowest BCUT2D eigenvalue weighted by Crippen LogP contribution is -2.22. The van der Waals surface area contributed by atoms with Crippen LogP contribution in [0.2, 0.25) is 0 Å². The van der Waals surface area contributed by atoms with Crippen LogP contribution in [0.15, 0.2) is 58.2 Å². The summed E-state index contributed by atoms with van der Waals surface area (Å²) in [5.41, 5.74) is 8.30. The van der Waals surface area contributed by atoms with Crippen LogP contribution in [-0.2, 0) is 4.79 Å². The summed E-state index contributed by atoms with van der Waals surface area (Å²) < 4.78 is 5.95. The molecule has 5 heteroatoms. The molecule has 0 saturated carbocycles. The van der Waals surface area contributed by atoms with E-state index < -0.39 is 0 Å². The molecule has 1 amide bonds. The number of benzene rings is 1. The number of aromatic nitrogens is 1. The second kappa shape index (κ2) is 6.87. The summed E-state index contributed by atoms with van der Waals surface area (Å²) in [5, 5.41) is 0.0889. The molecule has 23 heavy (non-hydrogen) atoms. The number of carbonyl (C=O) groups excluding carboxylic acids is 1.